The monoisotopic (exact) mass is 280 g/mol. The lowest BCUT2D eigenvalue weighted by molar-refractivity contribution is -0.122. The third kappa shape index (κ3) is 4.52. The van der Waals surface area contributed by atoms with Gasteiger partial charge in [0.1, 0.15) is 5.75 Å². The van der Waals surface area contributed by atoms with Crippen LogP contribution < -0.4 is 21.9 Å². The molecule has 1 aromatic rings. The van der Waals surface area contributed by atoms with E-state index in [1.165, 1.54) is 0 Å². The number of rotatable bonds is 8. The Kier molecular flexibility index (Phi) is 5.95. The molecule has 6 N–H and O–H groups in total. The Labute approximate surface area is 117 Å². The van der Waals surface area contributed by atoms with Crippen molar-refractivity contribution in [2.75, 3.05) is 26.7 Å². The highest BCUT2D eigenvalue weighted by Gasteiger charge is 2.22. The lowest BCUT2D eigenvalue weighted by Gasteiger charge is -2.29. The van der Waals surface area contributed by atoms with E-state index < -0.39 is 11.8 Å². The van der Waals surface area contributed by atoms with Crippen molar-refractivity contribution in [3.63, 3.8) is 0 Å². The zero-order valence-electron chi connectivity index (χ0n) is 11.4. The Hall–Kier alpha value is -2.12. The maximum atomic E-state index is 11.1. The Balaban J connectivity index is 3.03. The highest BCUT2D eigenvalue weighted by Crippen LogP contribution is 2.23. The quantitative estimate of drug-likeness (QED) is 0.561. The van der Waals surface area contributed by atoms with Crippen molar-refractivity contribution >= 4 is 11.8 Å². The van der Waals surface area contributed by atoms with Gasteiger partial charge in [0.05, 0.1) is 20.2 Å². The van der Waals surface area contributed by atoms with Gasteiger partial charge in [0, 0.05) is 12.6 Å². The molecular weight excluding hydrogens is 260 g/mol. The summed E-state index contributed by atoms with van der Waals surface area (Å²) in [6.45, 7) is 0.0256. The van der Waals surface area contributed by atoms with Crippen molar-refractivity contribution in [2.45, 2.75) is 6.04 Å². The standard InChI is InChI=1S/C13H20N4O3/c1-20-10-4-2-3-9(5-10)11(6-14)17(7-12(15)18)8-13(16)19/h2-5,11H,6-8,14H2,1H3,(H2,15,18)(H2,16,19). The average molecular weight is 280 g/mol. The first kappa shape index (κ1) is 15.9. The van der Waals surface area contributed by atoms with E-state index in [-0.39, 0.29) is 25.7 Å². The summed E-state index contributed by atoms with van der Waals surface area (Å²) in [5, 5.41) is 0. The summed E-state index contributed by atoms with van der Waals surface area (Å²) in [5.41, 5.74) is 17.0. The van der Waals surface area contributed by atoms with E-state index in [0.29, 0.717) is 5.75 Å². The second kappa shape index (κ2) is 7.46. The van der Waals surface area contributed by atoms with Gasteiger partial charge in [-0.2, -0.15) is 0 Å². The molecule has 0 saturated heterocycles. The second-order valence-electron chi connectivity index (χ2n) is 4.37. The molecule has 0 aliphatic heterocycles. The molecule has 1 atom stereocenters. The van der Waals surface area contributed by atoms with Crippen LogP contribution in [0.15, 0.2) is 24.3 Å². The zero-order chi connectivity index (χ0) is 15.1. The molecule has 0 aliphatic rings. The van der Waals surface area contributed by atoms with Crippen LogP contribution in [0.4, 0.5) is 0 Å². The lowest BCUT2D eigenvalue weighted by atomic mass is 10.0. The SMILES string of the molecule is COc1cccc(C(CN)N(CC(N)=O)CC(N)=O)c1. The predicted octanol–water partition coefficient (Wildman–Crippen LogP) is -1.03. The van der Waals surface area contributed by atoms with Crippen LogP contribution in [0, 0.1) is 0 Å². The molecule has 0 saturated carbocycles. The summed E-state index contributed by atoms with van der Waals surface area (Å²) in [6.07, 6.45) is 0. The number of primary amides is 2. The van der Waals surface area contributed by atoms with E-state index in [0.717, 1.165) is 5.56 Å². The topological polar surface area (TPSA) is 125 Å². The molecule has 20 heavy (non-hydrogen) atoms. The van der Waals surface area contributed by atoms with Crippen LogP contribution in [-0.2, 0) is 9.59 Å². The fraction of sp³-hybridized carbons (Fsp3) is 0.385. The summed E-state index contributed by atoms with van der Waals surface area (Å²) in [5.74, 6) is -0.431. The van der Waals surface area contributed by atoms with E-state index in [2.05, 4.69) is 0 Å². The van der Waals surface area contributed by atoms with Gasteiger partial charge < -0.3 is 21.9 Å². The highest BCUT2D eigenvalue weighted by atomic mass is 16.5. The molecule has 7 heteroatoms. The molecule has 0 aliphatic carbocycles. The number of carbonyl (C=O) groups is 2. The number of nitrogens with zero attached hydrogens (tertiary/aromatic N) is 1. The van der Waals surface area contributed by atoms with Crippen molar-refractivity contribution < 1.29 is 14.3 Å². The summed E-state index contributed by atoms with van der Waals surface area (Å²) >= 11 is 0. The second-order valence-corrected chi connectivity index (χ2v) is 4.37. The minimum atomic E-state index is -0.549. The first-order valence-electron chi connectivity index (χ1n) is 6.12. The number of nitrogens with two attached hydrogens (primary N) is 3. The Morgan fingerprint density at radius 1 is 1.25 bits per heavy atom. The van der Waals surface area contributed by atoms with Crippen LogP contribution in [0.1, 0.15) is 11.6 Å². The zero-order valence-corrected chi connectivity index (χ0v) is 11.4. The lowest BCUT2D eigenvalue weighted by Crippen LogP contribution is -2.44. The van der Waals surface area contributed by atoms with E-state index in [1.807, 2.05) is 12.1 Å². The molecule has 1 aromatic carbocycles. The van der Waals surface area contributed by atoms with Crippen molar-refractivity contribution in [3.8, 4) is 5.75 Å². The van der Waals surface area contributed by atoms with Crippen LogP contribution in [0.5, 0.6) is 5.75 Å². The van der Waals surface area contributed by atoms with Gasteiger partial charge in [0.15, 0.2) is 0 Å². The van der Waals surface area contributed by atoms with Gasteiger partial charge in [0.2, 0.25) is 11.8 Å². The molecular formula is C13H20N4O3. The van der Waals surface area contributed by atoms with Crippen molar-refractivity contribution in [1.82, 2.24) is 4.90 Å². The highest BCUT2D eigenvalue weighted by molar-refractivity contribution is 5.79. The Morgan fingerprint density at radius 3 is 2.30 bits per heavy atom. The van der Waals surface area contributed by atoms with E-state index in [9.17, 15) is 9.59 Å². The normalized spacial score (nSPS) is 12.2. The maximum absolute atomic E-state index is 11.1. The molecule has 1 unspecified atom stereocenters. The van der Waals surface area contributed by atoms with Gasteiger partial charge in [-0.15, -0.1) is 0 Å². The number of carbonyl (C=O) groups excluding carboxylic acids is 2. The van der Waals surface area contributed by atoms with Crippen LogP contribution in [0.3, 0.4) is 0 Å². The fourth-order valence-electron chi connectivity index (χ4n) is 2.02. The molecule has 0 fully saturated rings. The Bertz CT molecular complexity index is 462. The number of methoxy groups -OCH3 is 1. The minimum Gasteiger partial charge on any atom is -0.497 e. The smallest absolute Gasteiger partial charge is 0.231 e. The molecule has 1 rings (SSSR count). The van der Waals surface area contributed by atoms with E-state index >= 15 is 0 Å². The number of ether oxygens (including phenoxy) is 1. The molecule has 0 bridgehead atoms. The third-order valence-electron chi connectivity index (χ3n) is 2.86. The van der Waals surface area contributed by atoms with E-state index in [4.69, 9.17) is 21.9 Å². The molecule has 110 valence electrons. The maximum Gasteiger partial charge on any atom is 0.231 e. The fourth-order valence-corrected chi connectivity index (χ4v) is 2.02. The van der Waals surface area contributed by atoms with Crippen LogP contribution in [0.2, 0.25) is 0 Å². The molecule has 2 amide bonds. The van der Waals surface area contributed by atoms with Crippen LogP contribution in [-0.4, -0.2) is 43.5 Å². The van der Waals surface area contributed by atoms with Crippen molar-refractivity contribution in [1.29, 1.82) is 0 Å². The van der Waals surface area contributed by atoms with Gasteiger partial charge in [-0.3, -0.25) is 14.5 Å². The van der Waals surface area contributed by atoms with Gasteiger partial charge in [0.25, 0.3) is 0 Å². The molecule has 0 aromatic heterocycles. The minimum absolute atomic E-state index is 0.0952. The average Bonchev–Trinajstić information content (AvgIpc) is 2.38. The Morgan fingerprint density at radius 2 is 1.85 bits per heavy atom. The van der Waals surface area contributed by atoms with Crippen LogP contribution in [0.25, 0.3) is 0 Å². The first-order valence-corrected chi connectivity index (χ1v) is 6.12. The number of benzene rings is 1. The molecule has 7 nitrogen and oxygen atoms in total. The molecule has 0 radical (unpaired) electrons. The van der Waals surface area contributed by atoms with Gasteiger partial charge in [-0.25, -0.2) is 0 Å². The van der Waals surface area contributed by atoms with Gasteiger partial charge in [-0.1, -0.05) is 12.1 Å². The summed E-state index contributed by atoms with van der Waals surface area (Å²) in [4.78, 5) is 23.8. The van der Waals surface area contributed by atoms with E-state index in [1.54, 1.807) is 24.1 Å². The summed E-state index contributed by atoms with van der Waals surface area (Å²) < 4.78 is 5.15. The largest absolute Gasteiger partial charge is 0.497 e. The van der Waals surface area contributed by atoms with Gasteiger partial charge >= 0.3 is 0 Å². The first-order chi connectivity index (χ1) is 9.47. The third-order valence-corrected chi connectivity index (χ3v) is 2.86. The number of hydrogen-bond donors (Lipinski definition) is 3. The predicted molar refractivity (Wildman–Crippen MR) is 74.8 cm³/mol. The number of hydrogen-bond acceptors (Lipinski definition) is 5. The number of amides is 2. The summed E-state index contributed by atoms with van der Waals surface area (Å²) in [7, 11) is 1.56. The van der Waals surface area contributed by atoms with Crippen molar-refractivity contribution in [3.05, 3.63) is 29.8 Å². The van der Waals surface area contributed by atoms with Crippen molar-refractivity contribution in [2.24, 2.45) is 17.2 Å². The van der Waals surface area contributed by atoms with Crippen LogP contribution >= 0.6 is 0 Å². The molecule has 0 spiro atoms. The molecule has 0 heterocycles. The summed E-state index contributed by atoms with van der Waals surface area (Å²) in [6, 6.07) is 6.90. The van der Waals surface area contributed by atoms with Gasteiger partial charge in [-0.05, 0) is 17.7 Å².